The summed E-state index contributed by atoms with van der Waals surface area (Å²) in [7, 11) is 1.76. The highest BCUT2D eigenvalue weighted by molar-refractivity contribution is 5.41. The van der Waals surface area contributed by atoms with Crippen molar-refractivity contribution >= 4 is 5.69 Å². The molecule has 1 atom stereocenters. The first-order valence-corrected chi connectivity index (χ1v) is 5.84. The van der Waals surface area contributed by atoms with Crippen molar-refractivity contribution in [2.45, 2.75) is 19.6 Å². The van der Waals surface area contributed by atoms with Crippen molar-refractivity contribution in [3.8, 4) is 0 Å². The Bertz CT molecular complexity index is 472. The van der Waals surface area contributed by atoms with E-state index in [-0.39, 0.29) is 0 Å². The molecule has 0 aliphatic heterocycles. The molecular weight excluding hydrogens is 261 g/mol. The van der Waals surface area contributed by atoms with Crippen LogP contribution < -0.4 is 16.2 Å². The summed E-state index contributed by atoms with van der Waals surface area (Å²) in [4.78, 5) is 13.5. The van der Waals surface area contributed by atoms with Crippen molar-refractivity contribution in [3.05, 3.63) is 22.6 Å². The smallest absolute Gasteiger partial charge is 0.373 e. The fraction of sp³-hybridized carbons (Fsp3) is 0.636. The molecule has 1 heterocycles. The minimum absolute atomic E-state index is 0.561. The third kappa shape index (κ3) is 3.95. The highest BCUT2D eigenvalue weighted by Gasteiger charge is 2.39. The summed E-state index contributed by atoms with van der Waals surface area (Å²) >= 11 is 0. The molecule has 0 aromatic carbocycles. The van der Waals surface area contributed by atoms with Gasteiger partial charge in [0.2, 0.25) is 0 Å². The van der Waals surface area contributed by atoms with Crippen LogP contribution >= 0.6 is 0 Å². The summed E-state index contributed by atoms with van der Waals surface area (Å²) in [6, 6.07) is 1.26. The molecule has 1 rings (SSSR count). The average molecular weight is 278 g/mol. The Morgan fingerprint density at radius 3 is 2.58 bits per heavy atom. The first-order chi connectivity index (χ1) is 8.79. The van der Waals surface area contributed by atoms with E-state index in [1.54, 1.807) is 11.9 Å². The number of hydrogen-bond acceptors (Lipinski definition) is 4. The number of hydrogen-bond donors (Lipinski definition) is 1. The van der Waals surface area contributed by atoms with Gasteiger partial charge in [0.15, 0.2) is 0 Å². The van der Waals surface area contributed by atoms with Crippen LogP contribution in [0.5, 0.6) is 0 Å². The summed E-state index contributed by atoms with van der Waals surface area (Å²) < 4.78 is 38.5. The number of halogens is 3. The Kier molecular flexibility index (Phi) is 4.93. The molecule has 0 amide bonds. The molecule has 1 aromatic rings. The third-order valence-electron chi connectivity index (χ3n) is 2.91. The molecule has 0 aliphatic rings. The van der Waals surface area contributed by atoms with E-state index in [9.17, 15) is 18.0 Å². The zero-order valence-electron chi connectivity index (χ0n) is 10.8. The standard InChI is InChI=1S/C11H17F3N4O/c1-3-17(2)9-4-10(19)18(16-6-9)7-8(5-15)11(12,13)14/h4,6,8H,3,5,7,15H2,1-2H3. The Hall–Kier alpha value is -1.57. The minimum atomic E-state index is -4.44. The molecule has 0 saturated heterocycles. The van der Waals surface area contributed by atoms with Gasteiger partial charge >= 0.3 is 6.18 Å². The fourth-order valence-electron chi connectivity index (χ4n) is 1.47. The first kappa shape index (κ1) is 15.5. The van der Waals surface area contributed by atoms with Gasteiger partial charge in [-0.25, -0.2) is 4.68 Å². The van der Waals surface area contributed by atoms with Crippen LogP contribution in [-0.4, -0.2) is 36.1 Å². The number of alkyl halides is 3. The molecule has 8 heteroatoms. The molecule has 0 saturated carbocycles. The lowest BCUT2D eigenvalue weighted by atomic mass is 10.1. The Morgan fingerprint density at radius 2 is 2.16 bits per heavy atom. The predicted molar refractivity (Wildman–Crippen MR) is 66.0 cm³/mol. The molecule has 2 N–H and O–H groups in total. The van der Waals surface area contributed by atoms with E-state index < -0.39 is 30.7 Å². The lowest BCUT2D eigenvalue weighted by Gasteiger charge is -2.20. The van der Waals surface area contributed by atoms with Crippen molar-refractivity contribution in [1.29, 1.82) is 0 Å². The van der Waals surface area contributed by atoms with Crippen LogP contribution in [0.3, 0.4) is 0 Å². The van der Waals surface area contributed by atoms with Crippen molar-refractivity contribution in [2.75, 3.05) is 25.0 Å². The van der Waals surface area contributed by atoms with Crippen molar-refractivity contribution in [1.82, 2.24) is 9.78 Å². The molecule has 108 valence electrons. The van der Waals surface area contributed by atoms with E-state index in [0.717, 1.165) is 4.68 Å². The third-order valence-corrected chi connectivity index (χ3v) is 2.91. The minimum Gasteiger partial charge on any atom is -0.373 e. The van der Waals surface area contributed by atoms with Crippen molar-refractivity contribution in [3.63, 3.8) is 0 Å². The van der Waals surface area contributed by atoms with Gasteiger partial charge in [-0.1, -0.05) is 0 Å². The van der Waals surface area contributed by atoms with Gasteiger partial charge in [0.05, 0.1) is 24.3 Å². The molecule has 1 aromatic heterocycles. The molecule has 0 fully saturated rings. The molecule has 0 bridgehead atoms. The summed E-state index contributed by atoms with van der Waals surface area (Å²) in [6.07, 6.45) is -3.07. The predicted octanol–water partition coefficient (Wildman–Crippen LogP) is 0.837. The second-order valence-corrected chi connectivity index (χ2v) is 4.22. The van der Waals surface area contributed by atoms with Gasteiger partial charge in [0.25, 0.3) is 5.56 Å². The van der Waals surface area contributed by atoms with Gasteiger partial charge in [0, 0.05) is 26.2 Å². The van der Waals surface area contributed by atoms with Gasteiger partial charge in [-0.15, -0.1) is 0 Å². The van der Waals surface area contributed by atoms with Crippen LogP contribution in [0.1, 0.15) is 6.92 Å². The number of aromatic nitrogens is 2. The van der Waals surface area contributed by atoms with Crippen LogP contribution in [0.15, 0.2) is 17.1 Å². The first-order valence-electron chi connectivity index (χ1n) is 5.84. The fourth-order valence-corrected chi connectivity index (χ4v) is 1.47. The quantitative estimate of drug-likeness (QED) is 0.866. The number of nitrogens with zero attached hydrogens (tertiary/aromatic N) is 3. The van der Waals surface area contributed by atoms with Gasteiger partial charge < -0.3 is 10.6 Å². The summed E-state index contributed by atoms with van der Waals surface area (Å²) in [5, 5.41) is 3.76. The van der Waals surface area contributed by atoms with E-state index >= 15 is 0 Å². The molecule has 0 aliphatic carbocycles. The number of nitrogens with two attached hydrogens (primary N) is 1. The summed E-state index contributed by atoms with van der Waals surface area (Å²) in [5.41, 5.74) is 5.09. The SMILES string of the molecule is CCN(C)c1cnn(CC(CN)C(F)(F)F)c(=O)c1. The number of rotatable bonds is 5. The van der Waals surface area contributed by atoms with Crippen molar-refractivity contribution < 1.29 is 13.2 Å². The maximum absolute atomic E-state index is 12.6. The van der Waals surface area contributed by atoms with Crippen molar-refractivity contribution in [2.24, 2.45) is 11.7 Å². The Labute approximate surface area is 108 Å². The van der Waals surface area contributed by atoms with Crippen LogP contribution in [0.4, 0.5) is 18.9 Å². The van der Waals surface area contributed by atoms with Gasteiger partial charge in [-0.05, 0) is 6.92 Å². The van der Waals surface area contributed by atoms with Crippen LogP contribution in [0, 0.1) is 5.92 Å². The molecule has 1 unspecified atom stereocenters. The molecule has 5 nitrogen and oxygen atoms in total. The van der Waals surface area contributed by atoms with Crippen LogP contribution in [0.25, 0.3) is 0 Å². The van der Waals surface area contributed by atoms with E-state index in [2.05, 4.69) is 5.10 Å². The molecule has 0 radical (unpaired) electrons. The largest absolute Gasteiger partial charge is 0.394 e. The normalized spacial score (nSPS) is 13.4. The average Bonchev–Trinajstić information content (AvgIpc) is 2.34. The van der Waals surface area contributed by atoms with Gasteiger partial charge in [-0.2, -0.15) is 18.3 Å². The van der Waals surface area contributed by atoms with E-state index in [0.29, 0.717) is 12.2 Å². The summed E-state index contributed by atoms with van der Waals surface area (Å²) in [5.74, 6) is -1.77. The second-order valence-electron chi connectivity index (χ2n) is 4.22. The number of anilines is 1. The zero-order chi connectivity index (χ0) is 14.6. The van der Waals surface area contributed by atoms with Crippen LogP contribution in [0.2, 0.25) is 0 Å². The highest BCUT2D eigenvalue weighted by Crippen LogP contribution is 2.26. The topological polar surface area (TPSA) is 64.2 Å². The van der Waals surface area contributed by atoms with Gasteiger partial charge in [-0.3, -0.25) is 4.79 Å². The molecular formula is C11H17F3N4O. The maximum atomic E-state index is 12.6. The highest BCUT2D eigenvalue weighted by atomic mass is 19.4. The van der Waals surface area contributed by atoms with E-state index in [4.69, 9.17) is 5.73 Å². The second kappa shape index (κ2) is 6.05. The lowest BCUT2D eigenvalue weighted by molar-refractivity contribution is -0.175. The summed E-state index contributed by atoms with van der Waals surface area (Å²) in [6.45, 7) is 1.42. The maximum Gasteiger partial charge on any atom is 0.394 e. The van der Waals surface area contributed by atoms with E-state index in [1.807, 2.05) is 6.92 Å². The zero-order valence-corrected chi connectivity index (χ0v) is 10.8. The molecule has 19 heavy (non-hydrogen) atoms. The van der Waals surface area contributed by atoms with Crippen LogP contribution in [-0.2, 0) is 6.54 Å². The van der Waals surface area contributed by atoms with Gasteiger partial charge in [0.1, 0.15) is 0 Å². The monoisotopic (exact) mass is 278 g/mol. The Morgan fingerprint density at radius 1 is 1.53 bits per heavy atom. The Balaban J connectivity index is 2.95. The lowest BCUT2D eigenvalue weighted by Crippen LogP contribution is -2.37. The molecule has 0 spiro atoms. The van der Waals surface area contributed by atoms with E-state index in [1.165, 1.54) is 12.3 Å².